The lowest BCUT2D eigenvalue weighted by Gasteiger charge is -2.18. The van der Waals surface area contributed by atoms with Gasteiger partial charge in [0.15, 0.2) is 0 Å². The molecule has 1 aliphatic carbocycles. The maximum absolute atomic E-state index is 12.5. The minimum Gasteiger partial charge on any atom is -0.324 e. The number of benzene rings is 1. The molecular weight excluding hydrogens is 302 g/mol. The van der Waals surface area contributed by atoms with Crippen LogP contribution in [0.3, 0.4) is 0 Å². The monoisotopic (exact) mass is 325 g/mol. The molecule has 2 saturated heterocycles. The van der Waals surface area contributed by atoms with Gasteiger partial charge < -0.3 is 15.1 Å². The summed E-state index contributed by atoms with van der Waals surface area (Å²) in [7, 11) is 0. The first-order valence-corrected chi connectivity index (χ1v) is 8.82. The molecule has 0 bridgehead atoms. The van der Waals surface area contributed by atoms with Gasteiger partial charge in [0.05, 0.1) is 0 Å². The molecule has 0 saturated carbocycles. The van der Waals surface area contributed by atoms with Crippen molar-refractivity contribution in [3.8, 4) is 0 Å². The van der Waals surface area contributed by atoms with Crippen molar-refractivity contribution >= 4 is 23.3 Å². The fraction of sp³-hybridized carbons (Fsp3) is 0.474. The van der Waals surface area contributed by atoms with Crippen LogP contribution in [0.2, 0.25) is 0 Å². The predicted octanol–water partition coefficient (Wildman–Crippen LogP) is 3.24. The molecule has 0 aromatic heterocycles. The number of urea groups is 1. The summed E-state index contributed by atoms with van der Waals surface area (Å²) in [5.74, 6) is 1.41. The van der Waals surface area contributed by atoms with Crippen LogP contribution in [-0.2, 0) is 4.79 Å². The quantitative estimate of drug-likeness (QED) is 0.849. The molecule has 2 fully saturated rings. The van der Waals surface area contributed by atoms with E-state index in [0.29, 0.717) is 18.3 Å². The third-order valence-corrected chi connectivity index (χ3v) is 5.41. The Balaban J connectivity index is 1.37. The van der Waals surface area contributed by atoms with Crippen LogP contribution in [0.1, 0.15) is 25.7 Å². The Kier molecular flexibility index (Phi) is 4.00. The van der Waals surface area contributed by atoms with Crippen LogP contribution in [0.25, 0.3) is 0 Å². The van der Waals surface area contributed by atoms with Gasteiger partial charge in [-0.3, -0.25) is 4.79 Å². The summed E-state index contributed by atoms with van der Waals surface area (Å²) in [4.78, 5) is 28.0. The first-order chi connectivity index (χ1) is 11.7. The number of likely N-dealkylation sites (tertiary alicyclic amines) is 1. The van der Waals surface area contributed by atoms with E-state index in [2.05, 4.69) is 17.5 Å². The number of nitrogens with one attached hydrogen (secondary N) is 1. The fourth-order valence-electron chi connectivity index (χ4n) is 4.03. The minimum absolute atomic E-state index is 0.0191. The first-order valence-electron chi connectivity index (χ1n) is 8.82. The highest BCUT2D eigenvalue weighted by molar-refractivity contribution is 5.96. The third-order valence-electron chi connectivity index (χ3n) is 5.41. The van der Waals surface area contributed by atoms with Crippen LogP contribution in [0, 0.1) is 11.8 Å². The summed E-state index contributed by atoms with van der Waals surface area (Å²) >= 11 is 0. The molecule has 5 heteroatoms. The molecule has 5 nitrogen and oxygen atoms in total. The van der Waals surface area contributed by atoms with E-state index in [-0.39, 0.29) is 11.9 Å². The maximum Gasteiger partial charge on any atom is 0.321 e. The van der Waals surface area contributed by atoms with Crippen LogP contribution in [0.15, 0.2) is 36.4 Å². The largest absolute Gasteiger partial charge is 0.324 e. The second-order valence-electron chi connectivity index (χ2n) is 6.99. The molecule has 1 N–H and O–H groups in total. The van der Waals surface area contributed by atoms with Gasteiger partial charge in [0, 0.05) is 37.4 Å². The molecule has 0 spiro atoms. The lowest BCUT2D eigenvalue weighted by atomic mass is 9.86. The van der Waals surface area contributed by atoms with Crippen LogP contribution < -0.4 is 10.2 Å². The van der Waals surface area contributed by atoms with Gasteiger partial charge in [-0.05, 0) is 55.4 Å². The maximum atomic E-state index is 12.5. The molecule has 3 amide bonds. The number of hydrogen-bond acceptors (Lipinski definition) is 2. The normalized spacial score (nSPS) is 25.9. The molecule has 4 rings (SSSR count). The zero-order valence-electron chi connectivity index (χ0n) is 13.8. The summed E-state index contributed by atoms with van der Waals surface area (Å²) in [6.45, 7) is 2.48. The van der Waals surface area contributed by atoms with Crippen molar-refractivity contribution in [2.24, 2.45) is 11.8 Å². The van der Waals surface area contributed by atoms with E-state index in [0.717, 1.165) is 50.3 Å². The van der Waals surface area contributed by atoms with Gasteiger partial charge in [0.25, 0.3) is 0 Å². The highest BCUT2D eigenvalue weighted by Gasteiger charge is 2.35. The molecule has 126 valence electrons. The van der Waals surface area contributed by atoms with E-state index >= 15 is 0 Å². The van der Waals surface area contributed by atoms with E-state index in [1.165, 1.54) is 0 Å². The Hall–Kier alpha value is -2.30. The van der Waals surface area contributed by atoms with Crippen molar-refractivity contribution in [3.63, 3.8) is 0 Å². The number of fused-ring (bicyclic) bond motifs is 1. The lowest BCUT2D eigenvalue weighted by Crippen LogP contribution is -2.33. The molecule has 3 aliphatic rings. The van der Waals surface area contributed by atoms with Crippen molar-refractivity contribution < 1.29 is 9.59 Å². The van der Waals surface area contributed by atoms with Crippen molar-refractivity contribution in [2.45, 2.75) is 25.7 Å². The number of carbonyl (C=O) groups is 2. The Morgan fingerprint density at radius 3 is 2.29 bits per heavy atom. The van der Waals surface area contributed by atoms with E-state index < -0.39 is 0 Å². The average molecular weight is 325 g/mol. The molecule has 2 aliphatic heterocycles. The van der Waals surface area contributed by atoms with Gasteiger partial charge in [-0.2, -0.15) is 0 Å². The summed E-state index contributed by atoms with van der Waals surface area (Å²) in [6, 6.07) is 7.56. The number of amides is 3. The molecule has 1 aromatic carbocycles. The number of anilines is 2. The number of hydrogen-bond donors (Lipinski definition) is 1. The van der Waals surface area contributed by atoms with Crippen molar-refractivity contribution in [3.05, 3.63) is 36.4 Å². The molecule has 0 radical (unpaired) electrons. The zero-order chi connectivity index (χ0) is 16.5. The third kappa shape index (κ3) is 2.90. The number of carbonyl (C=O) groups excluding carboxylic acids is 2. The van der Waals surface area contributed by atoms with Gasteiger partial charge in [0.1, 0.15) is 0 Å². The van der Waals surface area contributed by atoms with E-state index in [9.17, 15) is 9.59 Å². The second-order valence-corrected chi connectivity index (χ2v) is 6.99. The van der Waals surface area contributed by atoms with Crippen LogP contribution >= 0.6 is 0 Å². The molecule has 2 heterocycles. The second kappa shape index (κ2) is 6.30. The zero-order valence-corrected chi connectivity index (χ0v) is 13.8. The summed E-state index contributed by atoms with van der Waals surface area (Å²) in [5.41, 5.74) is 1.69. The standard InChI is InChI=1S/C19H23N3O2/c23-18-6-3-11-22(18)17-9-7-16(8-10-17)20-19(24)21-12-14-4-1-2-5-15(14)13-21/h1-2,7-10,14-15H,3-6,11-13H2,(H,20,24)/t14-,15+. The van der Waals surface area contributed by atoms with Crippen molar-refractivity contribution in [1.82, 2.24) is 4.90 Å². The van der Waals surface area contributed by atoms with Gasteiger partial charge >= 0.3 is 6.03 Å². The Morgan fingerprint density at radius 1 is 1.04 bits per heavy atom. The molecule has 1 aromatic rings. The SMILES string of the molecule is O=C(Nc1ccc(N2CCCC2=O)cc1)N1C[C@H]2CC=CC[C@H]2C1. The number of rotatable bonds is 2. The topological polar surface area (TPSA) is 52.7 Å². The fourth-order valence-corrected chi connectivity index (χ4v) is 4.03. The first kappa shape index (κ1) is 15.2. The Labute approximate surface area is 142 Å². The van der Waals surface area contributed by atoms with Gasteiger partial charge in [0.2, 0.25) is 5.91 Å². The van der Waals surface area contributed by atoms with Crippen molar-refractivity contribution in [1.29, 1.82) is 0 Å². The van der Waals surface area contributed by atoms with Crippen LogP contribution in [0.4, 0.5) is 16.2 Å². The predicted molar refractivity (Wildman–Crippen MR) is 94.0 cm³/mol. The van der Waals surface area contributed by atoms with Gasteiger partial charge in [-0.1, -0.05) is 12.2 Å². The van der Waals surface area contributed by atoms with E-state index in [4.69, 9.17) is 0 Å². The molecular formula is C19H23N3O2. The Morgan fingerprint density at radius 2 is 1.71 bits per heavy atom. The van der Waals surface area contributed by atoms with Gasteiger partial charge in [-0.25, -0.2) is 4.79 Å². The molecule has 2 atom stereocenters. The van der Waals surface area contributed by atoms with Crippen molar-refractivity contribution in [2.75, 3.05) is 29.9 Å². The highest BCUT2D eigenvalue weighted by Crippen LogP contribution is 2.33. The van der Waals surface area contributed by atoms with Crippen LogP contribution in [-0.4, -0.2) is 36.5 Å². The number of allylic oxidation sites excluding steroid dienone is 2. The van der Waals surface area contributed by atoms with E-state index in [1.807, 2.05) is 34.1 Å². The van der Waals surface area contributed by atoms with Crippen LogP contribution in [0.5, 0.6) is 0 Å². The van der Waals surface area contributed by atoms with Gasteiger partial charge in [-0.15, -0.1) is 0 Å². The lowest BCUT2D eigenvalue weighted by molar-refractivity contribution is -0.117. The summed E-state index contributed by atoms with van der Waals surface area (Å²) in [5, 5.41) is 2.99. The molecule has 24 heavy (non-hydrogen) atoms. The summed E-state index contributed by atoms with van der Waals surface area (Å²) in [6.07, 6.45) is 8.20. The number of nitrogens with zero attached hydrogens (tertiary/aromatic N) is 2. The molecule has 0 unspecified atom stereocenters. The average Bonchev–Trinajstić information content (AvgIpc) is 3.21. The summed E-state index contributed by atoms with van der Waals surface area (Å²) < 4.78 is 0. The smallest absolute Gasteiger partial charge is 0.321 e. The Bertz CT molecular complexity index is 652. The van der Waals surface area contributed by atoms with E-state index in [1.54, 1.807) is 0 Å². The minimum atomic E-state index is -0.0191. The highest BCUT2D eigenvalue weighted by atomic mass is 16.2.